The molecule has 4 atom stereocenters. The summed E-state index contributed by atoms with van der Waals surface area (Å²) in [7, 11) is 0. The monoisotopic (exact) mass is 289 g/mol. The molecule has 0 aromatic heterocycles. The molecular weight excluding hydrogens is 274 g/mol. The van der Waals surface area contributed by atoms with Crippen LogP contribution < -0.4 is 4.90 Å². The molecule has 0 spiro atoms. The van der Waals surface area contributed by atoms with E-state index < -0.39 is 0 Å². The van der Waals surface area contributed by atoms with Crippen molar-refractivity contribution in [3.05, 3.63) is 54.6 Å². The van der Waals surface area contributed by atoms with E-state index in [9.17, 15) is 9.59 Å². The van der Waals surface area contributed by atoms with Gasteiger partial charge in [-0.15, -0.1) is 0 Å². The molecule has 22 heavy (non-hydrogen) atoms. The standard InChI is InChI=1S/C19H15NO2/c21-18-16-12-8-9-13(10-12)17(16)19(22)20(18)15-7-3-5-11-4-1-2-6-14(11)15/h1-9,12-13,16-17H,10H2/t12-,13-,16-,17+/m0/s1. The minimum absolute atomic E-state index is 0.0109. The van der Waals surface area contributed by atoms with Gasteiger partial charge in [-0.25, -0.2) is 4.90 Å². The first-order valence-corrected chi connectivity index (χ1v) is 7.79. The number of amides is 2. The lowest BCUT2D eigenvalue weighted by atomic mass is 9.85. The van der Waals surface area contributed by atoms with Crippen LogP contribution in [0.4, 0.5) is 5.69 Å². The molecule has 1 heterocycles. The lowest BCUT2D eigenvalue weighted by Crippen LogP contribution is -2.33. The van der Waals surface area contributed by atoms with Crippen LogP contribution in [-0.4, -0.2) is 11.8 Å². The Kier molecular flexibility index (Phi) is 2.25. The average molecular weight is 289 g/mol. The van der Waals surface area contributed by atoms with Crippen molar-refractivity contribution in [2.24, 2.45) is 23.7 Å². The zero-order chi connectivity index (χ0) is 14.8. The van der Waals surface area contributed by atoms with Gasteiger partial charge < -0.3 is 0 Å². The Morgan fingerprint density at radius 3 is 2.18 bits per heavy atom. The fraction of sp³-hybridized carbons (Fsp3) is 0.263. The fourth-order valence-corrected chi connectivity index (χ4v) is 4.54. The summed E-state index contributed by atoms with van der Waals surface area (Å²) >= 11 is 0. The third-order valence-corrected chi connectivity index (χ3v) is 5.48. The first-order chi connectivity index (χ1) is 10.8. The maximum absolute atomic E-state index is 12.9. The Hall–Kier alpha value is -2.42. The molecule has 2 amide bonds. The van der Waals surface area contributed by atoms with E-state index in [0.29, 0.717) is 0 Å². The van der Waals surface area contributed by atoms with E-state index in [-0.39, 0.29) is 35.5 Å². The van der Waals surface area contributed by atoms with Crippen LogP contribution in [0, 0.1) is 23.7 Å². The highest BCUT2D eigenvalue weighted by Gasteiger charge is 2.59. The zero-order valence-corrected chi connectivity index (χ0v) is 12.0. The van der Waals surface area contributed by atoms with Crippen molar-refractivity contribution in [1.29, 1.82) is 0 Å². The molecule has 2 aromatic carbocycles. The predicted octanol–water partition coefficient (Wildman–Crippen LogP) is 3.15. The van der Waals surface area contributed by atoms with Gasteiger partial charge in [-0.05, 0) is 29.7 Å². The molecule has 2 aliphatic carbocycles. The number of nitrogens with zero attached hydrogens (tertiary/aromatic N) is 1. The van der Waals surface area contributed by atoms with Gasteiger partial charge in [-0.2, -0.15) is 0 Å². The summed E-state index contributed by atoms with van der Waals surface area (Å²) in [6.07, 6.45) is 5.23. The van der Waals surface area contributed by atoms with Crippen molar-refractivity contribution in [3.63, 3.8) is 0 Å². The molecule has 5 rings (SSSR count). The predicted molar refractivity (Wildman–Crippen MR) is 84.2 cm³/mol. The molecule has 0 radical (unpaired) electrons. The number of rotatable bonds is 1. The second-order valence-corrected chi connectivity index (χ2v) is 6.51. The van der Waals surface area contributed by atoms with Crippen LogP contribution in [-0.2, 0) is 9.59 Å². The molecule has 0 N–H and O–H groups in total. The van der Waals surface area contributed by atoms with Gasteiger partial charge in [0.1, 0.15) is 0 Å². The first-order valence-electron chi connectivity index (χ1n) is 7.79. The van der Waals surface area contributed by atoms with Crippen LogP contribution in [0.15, 0.2) is 54.6 Å². The minimum Gasteiger partial charge on any atom is -0.274 e. The second kappa shape index (κ2) is 4.07. The maximum atomic E-state index is 12.9. The highest BCUT2D eigenvalue weighted by molar-refractivity contribution is 6.25. The van der Waals surface area contributed by atoms with Crippen LogP contribution in [0.1, 0.15) is 6.42 Å². The number of anilines is 1. The average Bonchev–Trinajstić information content (AvgIpc) is 3.21. The molecule has 0 unspecified atom stereocenters. The van der Waals surface area contributed by atoms with Gasteiger partial charge in [0.25, 0.3) is 0 Å². The summed E-state index contributed by atoms with van der Waals surface area (Å²) < 4.78 is 0. The Balaban J connectivity index is 1.67. The number of benzene rings is 2. The second-order valence-electron chi connectivity index (χ2n) is 6.51. The summed E-state index contributed by atoms with van der Waals surface area (Å²) in [5, 5.41) is 2.02. The van der Waals surface area contributed by atoms with E-state index >= 15 is 0 Å². The Labute approximate surface area is 128 Å². The molecule has 2 aromatic rings. The van der Waals surface area contributed by atoms with E-state index in [0.717, 1.165) is 22.9 Å². The number of carbonyl (C=O) groups excluding carboxylic acids is 2. The molecule has 1 saturated heterocycles. The first kappa shape index (κ1) is 12.2. The molecule has 3 nitrogen and oxygen atoms in total. The zero-order valence-electron chi connectivity index (χ0n) is 12.0. The van der Waals surface area contributed by atoms with Crippen molar-refractivity contribution in [1.82, 2.24) is 0 Å². The van der Waals surface area contributed by atoms with Crippen LogP contribution in [0.3, 0.4) is 0 Å². The Bertz CT molecular complexity index is 818. The summed E-state index contributed by atoms with van der Waals surface area (Å²) in [5.74, 6) is 0.215. The lowest BCUT2D eigenvalue weighted by Gasteiger charge is -2.19. The third-order valence-electron chi connectivity index (χ3n) is 5.48. The topological polar surface area (TPSA) is 37.4 Å². The van der Waals surface area contributed by atoms with Crippen molar-refractivity contribution in [2.75, 3.05) is 4.90 Å². The van der Waals surface area contributed by atoms with Crippen molar-refractivity contribution in [2.45, 2.75) is 6.42 Å². The van der Waals surface area contributed by atoms with Gasteiger partial charge in [0, 0.05) is 5.39 Å². The Morgan fingerprint density at radius 1 is 0.818 bits per heavy atom. The fourth-order valence-electron chi connectivity index (χ4n) is 4.54. The van der Waals surface area contributed by atoms with E-state index in [2.05, 4.69) is 12.2 Å². The molecule has 108 valence electrons. The van der Waals surface area contributed by atoms with Crippen LogP contribution in [0.2, 0.25) is 0 Å². The number of imide groups is 1. The number of allylic oxidation sites excluding steroid dienone is 2. The number of carbonyl (C=O) groups is 2. The van der Waals surface area contributed by atoms with E-state index in [1.807, 2.05) is 42.5 Å². The molecule has 1 saturated carbocycles. The molecule has 2 fully saturated rings. The van der Waals surface area contributed by atoms with Gasteiger partial charge in [0.15, 0.2) is 0 Å². The smallest absolute Gasteiger partial charge is 0.238 e. The number of hydrogen-bond donors (Lipinski definition) is 0. The van der Waals surface area contributed by atoms with Crippen molar-refractivity contribution < 1.29 is 9.59 Å². The molecule has 1 aliphatic heterocycles. The van der Waals surface area contributed by atoms with Crippen LogP contribution in [0.5, 0.6) is 0 Å². The quantitative estimate of drug-likeness (QED) is 0.597. The Morgan fingerprint density at radius 2 is 1.45 bits per heavy atom. The molecule has 3 heteroatoms. The number of hydrogen-bond acceptors (Lipinski definition) is 2. The van der Waals surface area contributed by atoms with Gasteiger partial charge in [0.05, 0.1) is 17.5 Å². The number of fused-ring (bicyclic) bond motifs is 6. The van der Waals surface area contributed by atoms with Gasteiger partial charge in [-0.1, -0.05) is 48.6 Å². The highest BCUT2D eigenvalue weighted by Crippen LogP contribution is 2.53. The van der Waals surface area contributed by atoms with Gasteiger partial charge in [0.2, 0.25) is 11.8 Å². The van der Waals surface area contributed by atoms with Crippen molar-refractivity contribution in [3.8, 4) is 0 Å². The van der Waals surface area contributed by atoms with Gasteiger partial charge >= 0.3 is 0 Å². The van der Waals surface area contributed by atoms with Crippen LogP contribution >= 0.6 is 0 Å². The normalized spacial score (nSPS) is 32.3. The van der Waals surface area contributed by atoms with Crippen molar-refractivity contribution >= 4 is 28.3 Å². The SMILES string of the molecule is O=C1[C@@H]2[C@H](C(=O)N1c1cccc3ccccc13)[C@H]1C=C[C@H]2C1. The maximum Gasteiger partial charge on any atom is 0.238 e. The summed E-state index contributed by atoms with van der Waals surface area (Å²) in [6.45, 7) is 0. The summed E-state index contributed by atoms with van der Waals surface area (Å²) in [5.41, 5.74) is 0.738. The minimum atomic E-state index is -0.138. The summed E-state index contributed by atoms with van der Waals surface area (Å²) in [4.78, 5) is 27.3. The lowest BCUT2D eigenvalue weighted by molar-refractivity contribution is -0.123. The third kappa shape index (κ3) is 1.36. The summed E-state index contributed by atoms with van der Waals surface area (Å²) in [6, 6.07) is 13.7. The molecular formula is C19H15NO2. The highest BCUT2D eigenvalue weighted by atomic mass is 16.2. The molecule has 3 aliphatic rings. The van der Waals surface area contributed by atoms with Gasteiger partial charge in [-0.3, -0.25) is 9.59 Å². The van der Waals surface area contributed by atoms with E-state index in [4.69, 9.17) is 0 Å². The van der Waals surface area contributed by atoms with Crippen LogP contribution in [0.25, 0.3) is 10.8 Å². The van der Waals surface area contributed by atoms with E-state index in [1.54, 1.807) is 0 Å². The van der Waals surface area contributed by atoms with E-state index in [1.165, 1.54) is 4.90 Å². The molecule has 2 bridgehead atoms. The largest absolute Gasteiger partial charge is 0.274 e.